The number of methoxy groups -OCH3 is 2. The number of aromatic nitrogens is 2. The molecular formula is C27H24N2O3. The molecule has 2 aromatic carbocycles. The van der Waals surface area contributed by atoms with Crippen LogP contribution >= 0.6 is 0 Å². The number of nitrogens with zero attached hydrogens (tertiary/aromatic N) is 2. The van der Waals surface area contributed by atoms with Gasteiger partial charge in [0.1, 0.15) is 17.3 Å². The van der Waals surface area contributed by atoms with Gasteiger partial charge in [-0.25, -0.2) is 4.98 Å². The fraction of sp³-hybridized carbons (Fsp3) is 0.185. The van der Waals surface area contributed by atoms with Crippen molar-refractivity contribution in [3.05, 3.63) is 84.2 Å². The van der Waals surface area contributed by atoms with Crippen LogP contribution in [0, 0.1) is 5.92 Å². The fourth-order valence-electron chi connectivity index (χ4n) is 4.52. The maximum Gasteiger partial charge on any atom is 0.183 e. The number of ether oxygens (including phenoxy) is 2. The van der Waals surface area contributed by atoms with Gasteiger partial charge in [-0.2, -0.15) is 0 Å². The highest BCUT2D eigenvalue weighted by molar-refractivity contribution is 6.06. The van der Waals surface area contributed by atoms with Crippen LogP contribution in [0.2, 0.25) is 0 Å². The Morgan fingerprint density at radius 2 is 1.47 bits per heavy atom. The molecule has 32 heavy (non-hydrogen) atoms. The van der Waals surface area contributed by atoms with E-state index in [0.29, 0.717) is 6.42 Å². The van der Waals surface area contributed by atoms with Gasteiger partial charge in [-0.1, -0.05) is 25.1 Å². The third-order valence-corrected chi connectivity index (χ3v) is 6.08. The van der Waals surface area contributed by atoms with E-state index in [-0.39, 0.29) is 11.7 Å². The van der Waals surface area contributed by atoms with E-state index in [2.05, 4.69) is 17.1 Å². The first-order chi connectivity index (χ1) is 15.6. The number of pyridine rings is 1. The molecule has 0 spiro atoms. The van der Waals surface area contributed by atoms with Crippen molar-refractivity contribution in [1.29, 1.82) is 0 Å². The number of rotatable bonds is 5. The number of hydrogen-bond donors (Lipinski definition) is 0. The molecule has 0 N–H and O–H groups in total. The van der Waals surface area contributed by atoms with Gasteiger partial charge in [0.2, 0.25) is 0 Å². The smallest absolute Gasteiger partial charge is 0.183 e. The molecule has 1 aliphatic carbocycles. The lowest BCUT2D eigenvalue weighted by Crippen LogP contribution is -2.12. The van der Waals surface area contributed by atoms with Crippen molar-refractivity contribution in [3.63, 3.8) is 0 Å². The first kappa shape index (κ1) is 20.1. The second-order valence-electron chi connectivity index (χ2n) is 8.00. The molecule has 1 unspecified atom stereocenters. The van der Waals surface area contributed by atoms with Crippen molar-refractivity contribution < 1.29 is 14.3 Å². The van der Waals surface area contributed by atoms with Gasteiger partial charge < -0.3 is 9.47 Å². The zero-order chi connectivity index (χ0) is 22.2. The SMILES string of the molecule is COc1ccc(-c2c3c(n(-c4ccccn4)c2-c2ccc(OC)cc2)C(=O)C(C)C3)cc1. The highest BCUT2D eigenvalue weighted by Gasteiger charge is 2.37. The number of Topliss-reactive ketones (excluding diaryl/α,β-unsaturated/α-hetero) is 1. The van der Waals surface area contributed by atoms with Crippen molar-refractivity contribution in [2.45, 2.75) is 13.3 Å². The Bertz CT molecular complexity index is 1270. The van der Waals surface area contributed by atoms with Gasteiger partial charge in [0.25, 0.3) is 0 Å². The molecule has 160 valence electrons. The van der Waals surface area contributed by atoms with E-state index < -0.39 is 0 Å². The summed E-state index contributed by atoms with van der Waals surface area (Å²) in [5.74, 6) is 2.41. The van der Waals surface area contributed by atoms with Crippen molar-refractivity contribution in [2.75, 3.05) is 14.2 Å². The third-order valence-electron chi connectivity index (χ3n) is 6.08. The standard InChI is InChI=1S/C27H24N2O3/c1-17-16-22-24(18-7-11-20(31-2)12-8-18)25(19-9-13-21(32-3)14-10-19)29(26(22)27(17)30)23-6-4-5-15-28-23/h4-15,17H,16H2,1-3H3. The summed E-state index contributed by atoms with van der Waals surface area (Å²) in [6.45, 7) is 2.00. The topological polar surface area (TPSA) is 53.4 Å². The lowest BCUT2D eigenvalue weighted by Gasteiger charge is -2.15. The molecule has 0 radical (unpaired) electrons. The highest BCUT2D eigenvalue weighted by atomic mass is 16.5. The molecule has 2 heterocycles. The van der Waals surface area contributed by atoms with Crippen molar-refractivity contribution in [2.24, 2.45) is 5.92 Å². The van der Waals surface area contributed by atoms with Crippen LogP contribution in [-0.2, 0) is 6.42 Å². The van der Waals surface area contributed by atoms with Gasteiger partial charge in [0.05, 0.1) is 25.6 Å². The Kier molecular flexibility index (Phi) is 5.02. The summed E-state index contributed by atoms with van der Waals surface area (Å²) in [6, 6.07) is 21.7. The van der Waals surface area contributed by atoms with Gasteiger partial charge in [0, 0.05) is 17.7 Å². The molecule has 0 saturated heterocycles. The summed E-state index contributed by atoms with van der Waals surface area (Å²) in [4.78, 5) is 17.9. The molecule has 2 aromatic heterocycles. The highest BCUT2D eigenvalue weighted by Crippen LogP contribution is 2.46. The Hall–Kier alpha value is -3.86. The predicted octanol–water partition coefficient (Wildman–Crippen LogP) is 5.60. The summed E-state index contributed by atoms with van der Waals surface area (Å²) in [5.41, 5.74) is 5.87. The molecule has 5 heteroatoms. The minimum absolute atomic E-state index is 0.0584. The number of hydrogen-bond acceptors (Lipinski definition) is 4. The van der Waals surface area contributed by atoms with E-state index in [1.54, 1.807) is 20.4 Å². The Morgan fingerprint density at radius 1 is 0.844 bits per heavy atom. The maximum absolute atomic E-state index is 13.3. The summed E-state index contributed by atoms with van der Waals surface area (Å²) in [7, 11) is 3.32. The third kappa shape index (κ3) is 3.17. The zero-order valence-corrected chi connectivity index (χ0v) is 18.3. The molecule has 0 fully saturated rings. The van der Waals surface area contributed by atoms with Gasteiger partial charge in [-0.05, 0) is 71.6 Å². The number of ketones is 1. The maximum atomic E-state index is 13.3. The minimum atomic E-state index is -0.0584. The Labute approximate surface area is 187 Å². The second kappa shape index (κ2) is 8.00. The number of carbonyl (C=O) groups is 1. The first-order valence-electron chi connectivity index (χ1n) is 10.6. The van der Waals surface area contributed by atoms with Gasteiger partial charge in [-0.15, -0.1) is 0 Å². The van der Waals surface area contributed by atoms with E-state index in [4.69, 9.17) is 9.47 Å². The molecule has 5 nitrogen and oxygen atoms in total. The predicted molar refractivity (Wildman–Crippen MR) is 125 cm³/mol. The van der Waals surface area contributed by atoms with Crippen LogP contribution in [0.25, 0.3) is 28.2 Å². The van der Waals surface area contributed by atoms with Crippen LogP contribution in [0.1, 0.15) is 23.0 Å². The quantitative estimate of drug-likeness (QED) is 0.419. The number of benzene rings is 2. The summed E-state index contributed by atoms with van der Waals surface area (Å²) < 4.78 is 12.8. The van der Waals surface area contributed by atoms with Crippen molar-refractivity contribution in [1.82, 2.24) is 9.55 Å². The van der Waals surface area contributed by atoms with E-state index in [1.807, 2.05) is 66.1 Å². The van der Waals surface area contributed by atoms with E-state index in [1.165, 1.54) is 0 Å². The average molecular weight is 425 g/mol. The van der Waals surface area contributed by atoms with Crippen LogP contribution in [0.5, 0.6) is 11.5 Å². The molecule has 1 atom stereocenters. The van der Waals surface area contributed by atoms with Crippen LogP contribution in [-0.4, -0.2) is 29.6 Å². The minimum Gasteiger partial charge on any atom is -0.497 e. The van der Waals surface area contributed by atoms with Crippen LogP contribution in [0.15, 0.2) is 72.9 Å². The summed E-state index contributed by atoms with van der Waals surface area (Å²) in [6.07, 6.45) is 2.47. The van der Waals surface area contributed by atoms with Crippen molar-refractivity contribution >= 4 is 5.78 Å². The van der Waals surface area contributed by atoms with Gasteiger partial charge >= 0.3 is 0 Å². The van der Waals surface area contributed by atoms with Gasteiger partial charge in [0.15, 0.2) is 5.78 Å². The largest absolute Gasteiger partial charge is 0.497 e. The molecule has 1 aliphatic rings. The summed E-state index contributed by atoms with van der Waals surface area (Å²) in [5, 5.41) is 0. The lowest BCUT2D eigenvalue weighted by molar-refractivity contribution is 0.0940. The average Bonchev–Trinajstić information content (AvgIpc) is 3.33. The summed E-state index contributed by atoms with van der Waals surface area (Å²) >= 11 is 0. The molecule has 4 aromatic rings. The zero-order valence-electron chi connectivity index (χ0n) is 18.3. The first-order valence-corrected chi connectivity index (χ1v) is 10.6. The molecule has 0 amide bonds. The Morgan fingerprint density at radius 3 is 2.03 bits per heavy atom. The van der Waals surface area contributed by atoms with Crippen LogP contribution < -0.4 is 9.47 Å². The van der Waals surface area contributed by atoms with Gasteiger partial charge in [-0.3, -0.25) is 9.36 Å². The molecule has 0 bridgehead atoms. The van der Waals surface area contributed by atoms with Crippen LogP contribution in [0.4, 0.5) is 0 Å². The fourth-order valence-corrected chi connectivity index (χ4v) is 4.52. The lowest BCUT2D eigenvalue weighted by atomic mass is 9.95. The molecule has 5 rings (SSSR count). The van der Waals surface area contributed by atoms with Crippen LogP contribution in [0.3, 0.4) is 0 Å². The van der Waals surface area contributed by atoms with Crippen molar-refractivity contribution in [3.8, 4) is 39.7 Å². The molecule has 0 aliphatic heterocycles. The number of carbonyl (C=O) groups excluding carboxylic acids is 1. The van der Waals surface area contributed by atoms with E-state index in [0.717, 1.165) is 51.0 Å². The normalized spacial score (nSPS) is 15.0. The second-order valence-corrected chi connectivity index (χ2v) is 8.00. The molecular weight excluding hydrogens is 400 g/mol. The van der Waals surface area contributed by atoms with E-state index in [9.17, 15) is 4.79 Å². The molecule has 0 saturated carbocycles. The van der Waals surface area contributed by atoms with E-state index >= 15 is 0 Å². The Balaban J connectivity index is 1.85. The monoisotopic (exact) mass is 424 g/mol. The number of fused-ring (bicyclic) bond motifs is 1.